The third kappa shape index (κ3) is 7.67. The largest absolute Gasteiger partial charge is 0.390 e. The summed E-state index contributed by atoms with van der Waals surface area (Å²) in [5, 5.41) is 23.7. The summed E-state index contributed by atoms with van der Waals surface area (Å²) in [5.74, 6) is 1.16. The van der Waals surface area contributed by atoms with Gasteiger partial charge >= 0.3 is 0 Å². The van der Waals surface area contributed by atoms with Gasteiger partial charge in [0.1, 0.15) is 5.82 Å². The van der Waals surface area contributed by atoms with Crippen LogP contribution >= 0.6 is 0 Å². The van der Waals surface area contributed by atoms with Gasteiger partial charge in [0.2, 0.25) is 11.9 Å². The molecule has 1 fully saturated rings. The zero-order valence-electron chi connectivity index (χ0n) is 19.5. The third-order valence-corrected chi connectivity index (χ3v) is 5.18. The van der Waals surface area contributed by atoms with Gasteiger partial charge < -0.3 is 20.5 Å². The van der Waals surface area contributed by atoms with Crippen molar-refractivity contribution < 1.29 is 14.2 Å². The number of anilines is 3. The van der Waals surface area contributed by atoms with Crippen LogP contribution < -0.4 is 10.6 Å². The summed E-state index contributed by atoms with van der Waals surface area (Å²) < 4.78 is 18.9. The third-order valence-electron chi connectivity index (χ3n) is 5.18. The molecule has 2 aromatic heterocycles. The Balaban J connectivity index is 1.49. The molecule has 0 bridgehead atoms. The highest BCUT2D eigenvalue weighted by Gasteiger charge is 2.15. The number of nitrogens with zero attached hydrogens (tertiary/aromatic N) is 5. The first kappa shape index (κ1) is 24.5. The monoisotopic (exact) mass is 480 g/mol. The van der Waals surface area contributed by atoms with Crippen LogP contribution in [0.2, 0.25) is 0 Å². The molecule has 3 heterocycles. The van der Waals surface area contributed by atoms with E-state index >= 15 is 0 Å². The Morgan fingerprint density at radius 3 is 2.77 bits per heavy atom. The quantitative estimate of drug-likeness (QED) is 0.347. The van der Waals surface area contributed by atoms with Gasteiger partial charge in [-0.25, -0.2) is 4.39 Å². The number of morpholine rings is 1. The number of benzene rings is 1. The molecule has 35 heavy (non-hydrogen) atoms. The van der Waals surface area contributed by atoms with Crippen molar-refractivity contribution in [3.8, 4) is 0 Å². The minimum atomic E-state index is -0.609. The molecule has 4 N–H and O–H groups in total. The molecule has 0 aliphatic carbocycles. The summed E-state index contributed by atoms with van der Waals surface area (Å²) in [6.45, 7) is 5.65. The molecular formula is C24H29FN8O2. The number of H-pyrrole nitrogens is 1. The summed E-state index contributed by atoms with van der Waals surface area (Å²) in [5.41, 5.74) is 1.51. The molecule has 1 saturated heterocycles. The number of aromatic amines is 1. The second-order valence-corrected chi connectivity index (χ2v) is 8.01. The smallest absolute Gasteiger partial charge is 0.233 e. The van der Waals surface area contributed by atoms with E-state index in [1.807, 2.05) is 25.1 Å². The lowest BCUT2D eigenvalue weighted by molar-refractivity contribution is 0.0171. The molecule has 1 unspecified atom stereocenters. The van der Waals surface area contributed by atoms with Crippen LogP contribution in [0.5, 0.6) is 0 Å². The Labute approximate surface area is 203 Å². The van der Waals surface area contributed by atoms with E-state index in [1.54, 1.807) is 24.3 Å². The standard InChI is InChI=1S/C24H29FN8O2/c1-2-4-19-14-22(32-31-19)29-24-28-21(8-7-17-5-3-6-18(25)13-17)27-23(30-24)26-15-20(34)16-33-9-11-35-12-10-33/h2-8,13-14,20,34H,9-12,15-16H2,1H3,(H3,26,27,28,29,30,31,32)/b4-2+,8-7+. The van der Waals surface area contributed by atoms with Crippen molar-refractivity contribution in [2.24, 2.45) is 0 Å². The average molecular weight is 481 g/mol. The fourth-order valence-corrected chi connectivity index (χ4v) is 3.52. The molecule has 3 aromatic rings. The number of aromatic nitrogens is 5. The van der Waals surface area contributed by atoms with Crippen LogP contribution in [-0.4, -0.2) is 80.7 Å². The Morgan fingerprint density at radius 1 is 1.14 bits per heavy atom. The van der Waals surface area contributed by atoms with Crippen molar-refractivity contribution in [3.63, 3.8) is 0 Å². The topological polar surface area (TPSA) is 124 Å². The maximum Gasteiger partial charge on any atom is 0.233 e. The molecule has 10 nitrogen and oxygen atoms in total. The maximum absolute atomic E-state index is 13.5. The zero-order chi connectivity index (χ0) is 24.5. The zero-order valence-corrected chi connectivity index (χ0v) is 19.5. The Hall–Kier alpha value is -3.67. The Kier molecular flexibility index (Phi) is 8.49. The first-order chi connectivity index (χ1) is 17.1. The van der Waals surface area contributed by atoms with E-state index in [0.717, 1.165) is 18.8 Å². The molecule has 184 valence electrons. The molecule has 1 aromatic carbocycles. The number of ether oxygens (including phenoxy) is 1. The predicted octanol–water partition coefficient (Wildman–Crippen LogP) is 2.79. The highest BCUT2D eigenvalue weighted by atomic mass is 19.1. The van der Waals surface area contributed by atoms with E-state index in [0.29, 0.717) is 42.9 Å². The number of allylic oxidation sites excluding steroid dienone is 1. The van der Waals surface area contributed by atoms with Gasteiger partial charge in [-0.1, -0.05) is 24.3 Å². The normalized spacial score (nSPS) is 15.6. The maximum atomic E-state index is 13.5. The summed E-state index contributed by atoms with van der Waals surface area (Å²) in [6, 6.07) is 8.06. The molecule has 1 aliphatic heterocycles. The van der Waals surface area contributed by atoms with Crippen LogP contribution in [0.15, 0.2) is 36.4 Å². The second-order valence-electron chi connectivity index (χ2n) is 8.01. The fourth-order valence-electron chi connectivity index (χ4n) is 3.52. The number of nitrogens with one attached hydrogen (secondary N) is 3. The van der Waals surface area contributed by atoms with Crippen LogP contribution in [0, 0.1) is 5.82 Å². The van der Waals surface area contributed by atoms with Crippen molar-refractivity contribution >= 4 is 35.9 Å². The van der Waals surface area contributed by atoms with Gasteiger partial charge in [0.15, 0.2) is 11.6 Å². The van der Waals surface area contributed by atoms with E-state index in [2.05, 4.69) is 40.7 Å². The first-order valence-corrected chi connectivity index (χ1v) is 11.4. The van der Waals surface area contributed by atoms with Crippen LogP contribution in [-0.2, 0) is 4.74 Å². The van der Waals surface area contributed by atoms with Gasteiger partial charge in [0.25, 0.3) is 0 Å². The lowest BCUT2D eigenvalue weighted by Crippen LogP contribution is -2.42. The minimum absolute atomic E-state index is 0.266. The van der Waals surface area contributed by atoms with Gasteiger partial charge in [0.05, 0.1) is 25.0 Å². The van der Waals surface area contributed by atoms with Crippen LogP contribution in [0.3, 0.4) is 0 Å². The van der Waals surface area contributed by atoms with Crippen molar-refractivity contribution in [1.82, 2.24) is 30.0 Å². The second kappa shape index (κ2) is 12.2. The van der Waals surface area contributed by atoms with Crippen molar-refractivity contribution in [1.29, 1.82) is 0 Å². The number of β-amino-alcohol motifs (C(OH)–C–C–N with tert-alkyl or cyclic N) is 1. The number of hydrogen-bond acceptors (Lipinski definition) is 9. The van der Waals surface area contributed by atoms with Crippen LogP contribution in [0.1, 0.15) is 24.0 Å². The average Bonchev–Trinajstić information content (AvgIpc) is 3.29. The van der Waals surface area contributed by atoms with Crippen molar-refractivity contribution in [2.75, 3.05) is 50.0 Å². The molecule has 0 amide bonds. The van der Waals surface area contributed by atoms with Gasteiger partial charge in [-0.15, -0.1) is 0 Å². The highest BCUT2D eigenvalue weighted by Crippen LogP contribution is 2.15. The van der Waals surface area contributed by atoms with Gasteiger partial charge in [0, 0.05) is 32.2 Å². The van der Waals surface area contributed by atoms with E-state index < -0.39 is 6.10 Å². The molecule has 0 saturated carbocycles. The number of aliphatic hydroxyl groups excluding tert-OH is 1. The van der Waals surface area contributed by atoms with Gasteiger partial charge in [-0.05, 0) is 36.8 Å². The lowest BCUT2D eigenvalue weighted by atomic mass is 10.2. The molecule has 4 rings (SSSR count). The Bertz CT molecular complexity index is 1160. The van der Waals surface area contributed by atoms with E-state index in [-0.39, 0.29) is 18.3 Å². The number of rotatable bonds is 10. The summed E-state index contributed by atoms with van der Waals surface area (Å²) >= 11 is 0. The summed E-state index contributed by atoms with van der Waals surface area (Å²) in [4.78, 5) is 15.4. The lowest BCUT2D eigenvalue weighted by Gasteiger charge is -2.28. The molecule has 1 aliphatic rings. The van der Waals surface area contributed by atoms with E-state index in [4.69, 9.17) is 4.74 Å². The highest BCUT2D eigenvalue weighted by molar-refractivity contribution is 5.67. The number of aliphatic hydroxyl groups is 1. The molecule has 1 atom stereocenters. The van der Waals surface area contributed by atoms with Gasteiger partial charge in [-0.2, -0.15) is 20.1 Å². The molecule has 11 heteroatoms. The molecular weight excluding hydrogens is 451 g/mol. The van der Waals surface area contributed by atoms with Crippen LogP contribution in [0.25, 0.3) is 18.2 Å². The number of halogens is 1. The van der Waals surface area contributed by atoms with Crippen LogP contribution in [0.4, 0.5) is 22.1 Å². The molecule has 0 radical (unpaired) electrons. The predicted molar refractivity (Wildman–Crippen MR) is 133 cm³/mol. The fraction of sp³-hybridized carbons (Fsp3) is 0.333. The van der Waals surface area contributed by atoms with Crippen molar-refractivity contribution in [3.05, 3.63) is 59.3 Å². The SMILES string of the molecule is C/C=C/c1cc(Nc2nc(/C=C/c3cccc(F)c3)nc(NCC(O)CN3CCOCC3)n2)n[nH]1. The minimum Gasteiger partial charge on any atom is -0.390 e. The summed E-state index contributed by atoms with van der Waals surface area (Å²) in [6.07, 6.45) is 6.58. The first-order valence-electron chi connectivity index (χ1n) is 11.4. The van der Waals surface area contributed by atoms with Crippen molar-refractivity contribution in [2.45, 2.75) is 13.0 Å². The van der Waals surface area contributed by atoms with Gasteiger partial charge in [-0.3, -0.25) is 10.00 Å². The number of hydrogen-bond donors (Lipinski definition) is 4. The molecule has 0 spiro atoms. The Morgan fingerprint density at radius 2 is 1.97 bits per heavy atom. The van der Waals surface area contributed by atoms with E-state index in [9.17, 15) is 9.50 Å². The summed E-state index contributed by atoms with van der Waals surface area (Å²) in [7, 11) is 0. The van der Waals surface area contributed by atoms with E-state index in [1.165, 1.54) is 12.1 Å².